The second-order valence-electron chi connectivity index (χ2n) is 9.93. The quantitative estimate of drug-likeness (QED) is 0.417. The van der Waals surface area contributed by atoms with Gasteiger partial charge in [0.25, 0.3) is 0 Å². The molecule has 3 rings (SSSR count). The topological polar surface area (TPSA) is 60.9 Å². The van der Waals surface area contributed by atoms with Crippen molar-refractivity contribution in [2.45, 2.75) is 37.9 Å². The molecule has 38 heavy (non-hydrogen) atoms. The summed E-state index contributed by atoms with van der Waals surface area (Å²) in [5, 5.41) is 0.637. The second kappa shape index (κ2) is 12.1. The van der Waals surface area contributed by atoms with E-state index >= 15 is 0 Å². The maximum absolute atomic E-state index is 13.9. The summed E-state index contributed by atoms with van der Waals surface area (Å²) in [5.41, 5.74) is -0.832. The molecular weight excluding hydrogens is 562 g/mol. The number of nitrogens with zero attached hydrogens (tertiary/aromatic N) is 3. The summed E-state index contributed by atoms with van der Waals surface area (Å²) < 4.78 is 65.0. The van der Waals surface area contributed by atoms with Crippen molar-refractivity contribution in [2.75, 3.05) is 46.0 Å². The molecule has 0 saturated carbocycles. The van der Waals surface area contributed by atoms with Crippen LogP contribution in [0.5, 0.6) is 0 Å². The van der Waals surface area contributed by atoms with Crippen LogP contribution in [0.1, 0.15) is 36.5 Å². The lowest BCUT2D eigenvalue weighted by atomic mass is 9.77. The highest BCUT2D eigenvalue weighted by atomic mass is 35.5. The molecule has 1 fully saturated rings. The molecule has 0 N–H and O–H groups in total. The number of halogens is 5. The van der Waals surface area contributed by atoms with Crippen molar-refractivity contribution < 1.29 is 26.4 Å². The summed E-state index contributed by atoms with van der Waals surface area (Å²) in [7, 11) is -1.72. The normalized spacial score (nSPS) is 17.6. The SMILES string of the molecule is CN(Cc1cccc(C(F)(F)F)c1)C(=O)C(C)(CCN1CCCN(S(C)(=O)=O)CC1)c1ccc(Cl)c(Cl)c1. The van der Waals surface area contributed by atoms with Gasteiger partial charge in [0.05, 0.1) is 27.3 Å². The van der Waals surface area contributed by atoms with Crippen LogP contribution in [-0.4, -0.2) is 74.5 Å². The Kier molecular flexibility index (Phi) is 9.79. The predicted octanol–water partition coefficient (Wildman–Crippen LogP) is 5.29. The number of rotatable bonds is 8. The van der Waals surface area contributed by atoms with E-state index < -0.39 is 27.2 Å². The predicted molar refractivity (Wildman–Crippen MR) is 144 cm³/mol. The van der Waals surface area contributed by atoms with Crippen LogP contribution in [0.25, 0.3) is 0 Å². The van der Waals surface area contributed by atoms with Crippen LogP contribution in [0.3, 0.4) is 0 Å². The van der Waals surface area contributed by atoms with Gasteiger partial charge < -0.3 is 9.80 Å². The standard InChI is InChI=1S/C26H32Cl2F3N3O3S/c1-25(20-8-9-22(27)23(28)17-20,10-13-33-11-5-12-34(15-14-33)38(3,36)37)24(35)32(2)18-19-6-4-7-21(16-19)26(29,30)31/h4,6-9,16-17H,5,10-15,18H2,1-3H3. The van der Waals surface area contributed by atoms with Gasteiger partial charge in [-0.25, -0.2) is 12.7 Å². The molecule has 1 aliphatic heterocycles. The Labute approximate surface area is 232 Å². The molecule has 1 unspecified atom stereocenters. The maximum Gasteiger partial charge on any atom is 0.416 e. The summed E-state index contributed by atoms with van der Waals surface area (Å²) in [6, 6.07) is 9.93. The molecule has 6 nitrogen and oxygen atoms in total. The average Bonchev–Trinajstić information content (AvgIpc) is 3.09. The van der Waals surface area contributed by atoms with E-state index in [-0.39, 0.29) is 12.5 Å². The third-order valence-electron chi connectivity index (χ3n) is 6.99. The minimum absolute atomic E-state index is 0.00724. The van der Waals surface area contributed by atoms with Gasteiger partial charge in [0.1, 0.15) is 0 Å². The summed E-state index contributed by atoms with van der Waals surface area (Å²) in [6.45, 7) is 4.31. The molecule has 0 aromatic heterocycles. The molecular formula is C26H32Cl2F3N3O3S. The molecule has 0 bridgehead atoms. The van der Waals surface area contributed by atoms with E-state index in [1.54, 1.807) is 38.2 Å². The molecule has 12 heteroatoms. The van der Waals surface area contributed by atoms with Gasteiger partial charge in [0, 0.05) is 33.2 Å². The fraction of sp³-hybridized carbons (Fsp3) is 0.500. The molecule has 210 valence electrons. The van der Waals surface area contributed by atoms with E-state index in [4.69, 9.17) is 23.2 Å². The summed E-state index contributed by atoms with van der Waals surface area (Å²) in [5.74, 6) is -0.277. The number of hydrogen-bond acceptors (Lipinski definition) is 4. The van der Waals surface area contributed by atoms with E-state index in [0.29, 0.717) is 66.7 Å². The van der Waals surface area contributed by atoms with Gasteiger partial charge in [-0.2, -0.15) is 13.2 Å². The van der Waals surface area contributed by atoms with Crippen molar-refractivity contribution >= 4 is 39.1 Å². The van der Waals surface area contributed by atoms with Crippen molar-refractivity contribution in [3.05, 3.63) is 69.2 Å². The van der Waals surface area contributed by atoms with E-state index in [1.165, 1.54) is 21.5 Å². The Balaban J connectivity index is 1.83. The molecule has 0 radical (unpaired) electrons. The summed E-state index contributed by atoms with van der Waals surface area (Å²) >= 11 is 12.4. The Morgan fingerprint density at radius 2 is 1.71 bits per heavy atom. The number of hydrogen-bond donors (Lipinski definition) is 0. The number of carbonyl (C=O) groups excluding carboxylic acids is 1. The van der Waals surface area contributed by atoms with Crippen LogP contribution >= 0.6 is 23.2 Å². The fourth-order valence-corrected chi connectivity index (χ4v) is 5.88. The van der Waals surface area contributed by atoms with E-state index in [2.05, 4.69) is 4.90 Å². The number of alkyl halides is 3. The number of likely N-dealkylation sites (N-methyl/N-ethyl adjacent to an activating group) is 1. The lowest BCUT2D eigenvalue weighted by Crippen LogP contribution is -2.45. The lowest BCUT2D eigenvalue weighted by molar-refractivity contribution is -0.137. The first-order chi connectivity index (χ1) is 17.6. The van der Waals surface area contributed by atoms with E-state index in [0.717, 1.165) is 12.1 Å². The highest BCUT2D eigenvalue weighted by molar-refractivity contribution is 7.88. The zero-order valence-corrected chi connectivity index (χ0v) is 23.9. The lowest BCUT2D eigenvalue weighted by Gasteiger charge is -2.35. The Hall–Kier alpha value is -1.85. The summed E-state index contributed by atoms with van der Waals surface area (Å²) in [4.78, 5) is 17.4. The van der Waals surface area contributed by atoms with Crippen LogP contribution in [0.15, 0.2) is 42.5 Å². The first-order valence-electron chi connectivity index (χ1n) is 12.2. The van der Waals surface area contributed by atoms with Crippen molar-refractivity contribution in [3.63, 3.8) is 0 Å². The Bertz CT molecular complexity index is 1260. The number of sulfonamides is 1. The molecule has 1 aliphatic rings. The molecule has 1 heterocycles. The van der Waals surface area contributed by atoms with Gasteiger partial charge in [-0.3, -0.25) is 4.79 Å². The number of amides is 1. The summed E-state index contributed by atoms with van der Waals surface area (Å²) in [6.07, 6.45) is -2.23. The van der Waals surface area contributed by atoms with Crippen LogP contribution in [0, 0.1) is 0 Å². The second-order valence-corrected chi connectivity index (χ2v) is 12.7. The Morgan fingerprint density at radius 3 is 2.34 bits per heavy atom. The van der Waals surface area contributed by atoms with Gasteiger partial charge in [-0.05, 0) is 68.2 Å². The molecule has 1 amide bonds. The third-order valence-corrected chi connectivity index (χ3v) is 9.04. The minimum atomic E-state index is -4.48. The molecule has 0 aliphatic carbocycles. The van der Waals surface area contributed by atoms with Crippen molar-refractivity contribution in [1.29, 1.82) is 0 Å². The maximum atomic E-state index is 13.9. The third kappa shape index (κ3) is 7.63. The smallest absolute Gasteiger partial charge is 0.341 e. The number of carbonyl (C=O) groups is 1. The Morgan fingerprint density at radius 1 is 1.00 bits per heavy atom. The van der Waals surface area contributed by atoms with Crippen LogP contribution in [-0.2, 0) is 33.0 Å². The van der Waals surface area contributed by atoms with Gasteiger partial charge in [-0.1, -0.05) is 41.4 Å². The number of benzene rings is 2. The molecule has 2 aromatic rings. The highest BCUT2D eigenvalue weighted by Crippen LogP contribution is 2.35. The van der Waals surface area contributed by atoms with Gasteiger partial charge >= 0.3 is 6.18 Å². The minimum Gasteiger partial charge on any atom is -0.341 e. The van der Waals surface area contributed by atoms with Gasteiger partial charge in [0.15, 0.2) is 0 Å². The van der Waals surface area contributed by atoms with Gasteiger partial charge in [0.2, 0.25) is 15.9 Å². The average molecular weight is 595 g/mol. The van der Waals surface area contributed by atoms with Crippen LogP contribution in [0.4, 0.5) is 13.2 Å². The highest BCUT2D eigenvalue weighted by Gasteiger charge is 2.38. The van der Waals surface area contributed by atoms with Crippen LogP contribution in [0.2, 0.25) is 10.0 Å². The zero-order valence-electron chi connectivity index (χ0n) is 21.6. The largest absolute Gasteiger partial charge is 0.416 e. The first-order valence-corrected chi connectivity index (χ1v) is 14.8. The fourth-order valence-electron chi connectivity index (χ4n) is 4.71. The van der Waals surface area contributed by atoms with Crippen molar-refractivity contribution in [1.82, 2.24) is 14.1 Å². The van der Waals surface area contributed by atoms with E-state index in [9.17, 15) is 26.4 Å². The molecule has 1 saturated heterocycles. The molecule has 1 atom stereocenters. The molecule has 2 aromatic carbocycles. The monoisotopic (exact) mass is 593 g/mol. The van der Waals surface area contributed by atoms with Crippen molar-refractivity contribution in [3.8, 4) is 0 Å². The van der Waals surface area contributed by atoms with E-state index in [1.807, 2.05) is 0 Å². The van der Waals surface area contributed by atoms with Gasteiger partial charge in [-0.15, -0.1) is 0 Å². The van der Waals surface area contributed by atoms with Crippen molar-refractivity contribution in [2.24, 2.45) is 0 Å². The first kappa shape index (κ1) is 30.7. The molecule has 0 spiro atoms. The van der Waals surface area contributed by atoms with Crippen LogP contribution < -0.4 is 0 Å². The zero-order chi connectivity index (χ0) is 28.3.